The Labute approximate surface area is 193 Å². The lowest BCUT2D eigenvalue weighted by Gasteiger charge is -2.19. The van der Waals surface area contributed by atoms with Crippen molar-refractivity contribution in [1.29, 1.82) is 0 Å². The summed E-state index contributed by atoms with van der Waals surface area (Å²) in [5.41, 5.74) is -0.180. The average Bonchev–Trinajstić information content (AvgIpc) is 3.06. The van der Waals surface area contributed by atoms with Crippen molar-refractivity contribution in [3.63, 3.8) is 0 Å². The smallest absolute Gasteiger partial charge is 0.412 e. The van der Waals surface area contributed by atoms with Crippen LogP contribution in [0.5, 0.6) is 0 Å². The number of rotatable bonds is 14. The van der Waals surface area contributed by atoms with Crippen molar-refractivity contribution in [2.45, 2.75) is 124 Å². The number of thiophene rings is 1. The Morgan fingerprint density at radius 3 is 2.23 bits per heavy atom. The second-order valence-corrected chi connectivity index (χ2v) is 10.4. The van der Waals surface area contributed by atoms with Crippen LogP contribution in [0.25, 0.3) is 0 Å². The lowest BCUT2D eigenvalue weighted by atomic mass is 10.1. The third kappa shape index (κ3) is 12.2. The number of unbranched alkanes of at least 4 members (excludes halogenated alkanes) is 7. The standard InChI is InChI=1S/C25H43NO4S/c1-7-9-11-13-15-17-20-18-21(23(27)30-25(4,5)6)22(31-20)26-24(28)29-19(3)16-14-12-10-8-2/h18-19H,7-17H2,1-6H3,(H,26,28). The molecule has 1 amide bonds. The third-order valence-electron chi connectivity index (χ3n) is 4.92. The zero-order chi connectivity index (χ0) is 23.3. The first-order chi connectivity index (χ1) is 14.7. The van der Waals surface area contributed by atoms with Gasteiger partial charge in [0.2, 0.25) is 0 Å². The van der Waals surface area contributed by atoms with E-state index < -0.39 is 17.7 Å². The number of amides is 1. The molecular formula is C25H43NO4S. The molecule has 0 saturated carbocycles. The van der Waals surface area contributed by atoms with E-state index in [-0.39, 0.29) is 6.10 Å². The third-order valence-corrected chi connectivity index (χ3v) is 6.03. The molecule has 0 aromatic carbocycles. The number of hydrogen-bond donors (Lipinski definition) is 1. The van der Waals surface area contributed by atoms with Gasteiger partial charge in [-0.05, 0) is 59.4 Å². The maximum absolute atomic E-state index is 12.7. The number of ether oxygens (including phenoxy) is 2. The fraction of sp³-hybridized carbons (Fsp3) is 0.760. The summed E-state index contributed by atoms with van der Waals surface area (Å²) in [5.74, 6) is -0.413. The van der Waals surface area contributed by atoms with Gasteiger partial charge in [-0.25, -0.2) is 9.59 Å². The van der Waals surface area contributed by atoms with E-state index in [9.17, 15) is 9.59 Å². The number of aryl methyl sites for hydroxylation is 1. The minimum atomic E-state index is -0.593. The normalized spacial score (nSPS) is 12.5. The highest BCUT2D eigenvalue weighted by Gasteiger charge is 2.24. The van der Waals surface area contributed by atoms with Crippen LogP contribution in [0.15, 0.2) is 6.07 Å². The summed E-state index contributed by atoms with van der Waals surface area (Å²) in [6, 6.07) is 1.86. The molecule has 5 nitrogen and oxygen atoms in total. The van der Waals surface area contributed by atoms with E-state index in [4.69, 9.17) is 9.47 Å². The van der Waals surface area contributed by atoms with Crippen LogP contribution < -0.4 is 5.32 Å². The number of esters is 1. The molecule has 1 heterocycles. The molecule has 0 aliphatic rings. The second kappa shape index (κ2) is 14.5. The van der Waals surface area contributed by atoms with Gasteiger partial charge in [-0.1, -0.05) is 58.8 Å². The molecule has 0 aliphatic heterocycles. The van der Waals surface area contributed by atoms with E-state index in [0.29, 0.717) is 10.6 Å². The van der Waals surface area contributed by atoms with Gasteiger partial charge in [0.05, 0.1) is 5.56 Å². The van der Waals surface area contributed by atoms with Gasteiger partial charge in [0.15, 0.2) is 0 Å². The molecule has 0 fully saturated rings. The van der Waals surface area contributed by atoms with Crippen LogP contribution in [0.3, 0.4) is 0 Å². The van der Waals surface area contributed by atoms with E-state index in [0.717, 1.165) is 37.0 Å². The molecule has 1 atom stereocenters. The Hall–Kier alpha value is -1.56. The summed E-state index contributed by atoms with van der Waals surface area (Å²) in [6.45, 7) is 11.8. The van der Waals surface area contributed by atoms with E-state index in [1.165, 1.54) is 49.9 Å². The number of carbonyl (C=O) groups excluding carboxylic acids is 2. The molecule has 0 radical (unpaired) electrons. The molecule has 0 spiro atoms. The SMILES string of the molecule is CCCCCCCc1cc(C(=O)OC(C)(C)C)c(NC(=O)OC(C)CCCCCC)s1. The minimum absolute atomic E-state index is 0.153. The Morgan fingerprint density at radius 2 is 1.61 bits per heavy atom. The van der Waals surface area contributed by atoms with Gasteiger partial charge in [-0.3, -0.25) is 5.32 Å². The molecule has 1 aromatic rings. The lowest BCUT2D eigenvalue weighted by Crippen LogP contribution is -2.25. The molecule has 0 bridgehead atoms. The van der Waals surface area contributed by atoms with Crippen LogP contribution in [-0.4, -0.2) is 23.8 Å². The number of anilines is 1. The lowest BCUT2D eigenvalue weighted by molar-refractivity contribution is 0.00712. The molecule has 1 rings (SSSR count). The summed E-state index contributed by atoms with van der Waals surface area (Å²) >= 11 is 1.44. The summed E-state index contributed by atoms with van der Waals surface area (Å²) in [4.78, 5) is 26.2. The van der Waals surface area contributed by atoms with Crippen molar-refractivity contribution in [3.05, 3.63) is 16.5 Å². The van der Waals surface area contributed by atoms with Crippen molar-refractivity contribution >= 4 is 28.4 Å². The first-order valence-electron chi connectivity index (χ1n) is 12.0. The Morgan fingerprint density at radius 1 is 1.00 bits per heavy atom. The van der Waals surface area contributed by atoms with E-state index in [2.05, 4.69) is 19.2 Å². The minimum Gasteiger partial charge on any atom is -0.456 e. The van der Waals surface area contributed by atoms with Crippen LogP contribution in [0.1, 0.15) is 121 Å². The maximum Gasteiger partial charge on any atom is 0.412 e. The quantitative estimate of drug-likeness (QED) is 0.228. The highest BCUT2D eigenvalue weighted by molar-refractivity contribution is 7.16. The summed E-state index contributed by atoms with van der Waals surface area (Å²) < 4.78 is 11.1. The van der Waals surface area contributed by atoms with Gasteiger partial charge in [0.25, 0.3) is 0 Å². The van der Waals surface area contributed by atoms with Gasteiger partial charge in [0.1, 0.15) is 16.7 Å². The molecule has 1 N–H and O–H groups in total. The molecular weight excluding hydrogens is 410 g/mol. The molecule has 6 heteroatoms. The fourth-order valence-corrected chi connectivity index (χ4v) is 4.34. The monoisotopic (exact) mass is 453 g/mol. The number of carbonyl (C=O) groups is 2. The van der Waals surface area contributed by atoms with Crippen molar-refractivity contribution in [1.82, 2.24) is 0 Å². The molecule has 0 saturated heterocycles. The molecule has 178 valence electrons. The van der Waals surface area contributed by atoms with Crippen molar-refractivity contribution in [3.8, 4) is 0 Å². The van der Waals surface area contributed by atoms with Gasteiger partial charge >= 0.3 is 12.1 Å². The molecule has 0 aliphatic carbocycles. The Kier molecular flexibility index (Phi) is 12.8. The largest absolute Gasteiger partial charge is 0.456 e. The van der Waals surface area contributed by atoms with Crippen LogP contribution in [0.2, 0.25) is 0 Å². The van der Waals surface area contributed by atoms with E-state index in [1.54, 1.807) is 0 Å². The van der Waals surface area contributed by atoms with E-state index in [1.807, 2.05) is 33.8 Å². The number of hydrogen-bond acceptors (Lipinski definition) is 5. The van der Waals surface area contributed by atoms with Gasteiger partial charge in [-0.15, -0.1) is 11.3 Å². The average molecular weight is 454 g/mol. The Balaban J connectivity index is 2.75. The van der Waals surface area contributed by atoms with Crippen LogP contribution in [0, 0.1) is 0 Å². The van der Waals surface area contributed by atoms with Crippen LogP contribution >= 0.6 is 11.3 Å². The van der Waals surface area contributed by atoms with Crippen molar-refractivity contribution in [2.24, 2.45) is 0 Å². The topological polar surface area (TPSA) is 64.6 Å². The van der Waals surface area contributed by atoms with Gasteiger partial charge in [-0.2, -0.15) is 0 Å². The molecule has 31 heavy (non-hydrogen) atoms. The molecule has 1 unspecified atom stereocenters. The highest BCUT2D eigenvalue weighted by Crippen LogP contribution is 2.31. The van der Waals surface area contributed by atoms with Crippen molar-refractivity contribution < 1.29 is 19.1 Å². The predicted octanol–water partition coefficient (Wildman–Crippen LogP) is 8.12. The second-order valence-electron chi connectivity index (χ2n) is 9.31. The Bertz CT molecular complexity index is 663. The summed E-state index contributed by atoms with van der Waals surface area (Å²) in [7, 11) is 0. The zero-order valence-corrected chi connectivity index (χ0v) is 21.3. The number of nitrogens with one attached hydrogen (secondary N) is 1. The zero-order valence-electron chi connectivity index (χ0n) is 20.5. The first-order valence-corrected chi connectivity index (χ1v) is 12.8. The maximum atomic E-state index is 12.7. The van der Waals surface area contributed by atoms with Gasteiger partial charge < -0.3 is 9.47 Å². The molecule has 1 aromatic heterocycles. The van der Waals surface area contributed by atoms with Gasteiger partial charge in [0, 0.05) is 4.88 Å². The highest BCUT2D eigenvalue weighted by atomic mass is 32.1. The van der Waals surface area contributed by atoms with Crippen LogP contribution in [-0.2, 0) is 15.9 Å². The van der Waals surface area contributed by atoms with Crippen LogP contribution in [0.4, 0.5) is 9.80 Å². The predicted molar refractivity (Wildman–Crippen MR) is 130 cm³/mol. The first kappa shape index (κ1) is 27.5. The van der Waals surface area contributed by atoms with E-state index >= 15 is 0 Å². The summed E-state index contributed by atoms with van der Waals surface area (Å²) in [6.07, 6.45) is 11.6. The fourth-order valence-electron chi connectivity index (χ4n) is 3.27. The summed E-state index contributed by atoms with van der Waals surface area (Å²) in [5, 5.41) is 3.31. The van der Waals surface area contributed by atoms with Crippen molar-refractivity contribution in [2.75, 3.05) is 5.32 Å².